The average molecular weight is 363 g/mol. The van der Waals surface area contributed by atoms with Crippen molar-refractivity contribution in [2.24, 2.45) is 7.05 Å². The summed E-state index contributed by atoms with van der Waals surface area (Å²) in [6, 6.07) is 12.5. The normalized spacial score (nSPS) is 10.9. The number of aromatic amines is 1. The number of nitrogens with one attached hydrogen (secondary N) is 1. The van der Waals surface area contributed by atoms with Crippen molar-refractivity contribution in [3.05, 3.63) is 88.2 Å². The minimum absolute atomic E-state index is 0.0392. The zero-order valence-electron chi connectivity index (χ0n) is 14.3. The molecule has 0 saturated carbocycles. The molecule has 0 fully saturated rings. The average Bonchev–Trinajstić information content (AvgIpc) is 3.02. The molecule has 134 valence electrons. The largest absolute Gasteiger partial charge is 0.454 e. The van der Waals surface area contributed by atoms with Gasteiger partial charge in [-0.05, 0) is 36.4 Å². The van der Waals surface area contributed by atoms with Gasteiger partial charge in [0.2, 0.25) is 0 Å². The van der Waals surface area contributed by atoms with E-state index in [1.165, 1.54) is 30.1 Å². The van der Waals surface area contributed by atoms with Gasteiger partial charge < -0.3 is 9.84 Å². The lowest BCUT2D eigenvalue weighted by Crippen LogP contribution is -2.19. The maximum absolute atomic E-state index is 13.9. The highest BCUT2D eigenvalue weighted by Gasteiger charge is 2.17. The Balaban J connectivity index is 1.79. The van der Waals surface area contributed by atoms with Crippen LogP contribution >= 0.6 is 0 Å². The van der Waals surface area contributed by atoms with Gasteiger partial charge in [0.25, 0.3) is 5.56 Å². The highest BCUT2D eigenvalue weighted by molar-refractivity contribution is 6.10. The van der Waals surface area contributed by atoms with E-state index in [0.29, 0.717) is 22.2 Å². The number of aromatic nitrogens is 3. The number of aryl methyl sites for hydroxylation is 1. The fourth-order valence-electron chi connectivity index (χ4n) is 2.78. The van der Waals surface area contributed by atoms with E-state index in [1.54, 1.807) is 42.6 Å². The molecule has 27 heavy (non-hydrogen) atoms. The summed E-state index contributed by atoms with van der Waals surface area (Å²) in [5.41, 5.74) is 0.527. The Morgan fingerprint density at radius 2 is 1.96 bits per heavy atom. The lowest BCUT2D eigenvalue weighted by atomic mass is 10.0. The number of carbonyl (C=O) groups excluding carboxylic acids is 1. The van der Waals surface area contributed by atoms with Crippen molar-refractivity contribution in [3.8, 4) is 11.5 Å². The van der Waals surface area contributed by atoms with Crippen LogP contribution in [-0.2, 0) is 7.05 Å². The van der Waals surface area contributed by atoms with E-state index in [2.05, 4.69) is 10.1 Å². The number of halogens is 1. The summed E-state index contributed by atoms with van der Waals surface area (Å²) in [6.07, 6.45) is 2.91. The first kappa shape index (κ1) is 16.7. The Morgan fingerprint density at radius 3 is 2.70 bits per heavy atom. The smallest absolute Gasteiger partial charge is 0.277 e. The van der Waals surface area contributed by atoms with Gasteiger partial charge in [-0.2, -0.15) is 0 Å². The quantitative estimate of drug-likeness (QED) is 0.564. The molecule has 4 rings (SSSR count). The zero-order valence-corrected chi connectivity index (χ0v) is 14.3. The van der Waals surface area contributed by atoms with Crippen molar-refractivity contribution in [3.63, 3.8) is 0 Å². The Hall–Kier alpha value is -3.74. The SMILES string of the molecule is Cn1[nH]cc(C(=O)c2ccc3nccc(Oc4ccccc4F)c3c2)c1=O. The molecular weight excluding hydrogens is 349 g/mol. The molecule has 0 spiro atoms. The summed E-state index contributed by atoms with van der Waals surface area (Å²) < 4.78 is 20.8. The summed E-state index contributed by atoms with van der Waals surface area (Å²) in [5.74, 6) is -0.479. The van der Waals surface area contributed by atoms with Gasteiger partial charge in [0, 0.05) is 30.4 Å². The maximum atomic E-state index is 13.9. The first-order chi connectivity index (χ1) is 13.0. The van der Waals surface area contributed by atoms with Crippen LogP contribution in [0.15, 0.2) is 65.7 Å². The van der Waals surface area contributed by atoms with Gasteiger partial charge in [-0.25, -0.2) is 4.39 Å². The number of hydrogen-bond donors (Lipinski definition) is 1. The van der Waals surface area contributed by atoms with Crippen LogP contribution in [0.3, 0.4) is 0 Å². The number of benzene rings is 2. The van der Waals surface area contributed by atoms with Gasteiger partial charge in [-0.15, -0.1) is 0 Å². The molecule has 0 saturated heterocycles. The van der Waals surface area contributed by atoms with Crippen LogP contribution in [-0.4, -0.2) is 20.5 Å². The van der Waals surface area contributed by atoms with Crippen LogP contribution in [0.4, 0.5) is 4.39 Å². The zero-order chi connectivity index (χ0) is 19.0. The molecule has 2 aromatic heterocycles. The second-order valence-corrected chi connectivity index (χ2v) is 5.95. The minimum atomic E-state index is -0.495. The van der Waals surface area contributed by atoms with Gasteiger partial charge in [-0.1, -0.05) is 12.1 Å². The van der Waals surface area contributed by atoms with Crippen molar-refractivity contribution in [2.75, 3.05) is 0 Å². The Kier molecular flexibility index (Phi) is 4.04. The van der Waals surface area contributed by atoms with Crippen LogP contribution in [0.1, 0.15) is 15.9 Å². The van der Waals surface area contributed by atoms with Crippen LogP contribution in [0.2, 0.25) is 0 Å². The van der Waals surface area contributed by atoms with Crippen molar-refractivity contribution < 1.29 is 13.9 Å². The molecule has 0 atom stereocenters. The predicted molar refractivity (Wildman–Crippen MR) is 97.7 cm³/mol. The molecule has 6 nitrogen and oxygen atoms in total. The maximum Gasteiger partial charge on any atom is 0.277 e. The number of carbonyl (C=O) groups is 1. The molecule has 2 aromatic carbocycles. The second-order valence-electron chi connectivity index (χ2n) is 5.95. The number of ether oxygens (including phenoxy) is 1. The van der Waals surface area contributed by atoms with Crippen LogP contribution < -0.4 is 10.3 Å². The Labute approximate surface area is 152 Å². The summed E-state index contributed by atoms with van der Waals surface area (Å²) in [4.78, 5) is 29.0. The number of nitrogens with zero attached hydrogens (tertiary/aromatic N) is 2. The highest BCUT2D eigenvalue weighted by Crippen LogP contribution is 2.31. The lowest BCUT2D eigenvalue weighted by Gasteiger charge is -2.10. The molecule has 0 amide bonds. The second kappa shape index (κ2) is 6.53. The fourth-order valence-corrected chi connectivity index (χ4v) is 2.78. The summed E-state index contributed by atoms with van der Waals surface area (Å²) in [6.45, 7) is 0. The molecule has 7 heteroatoms. The Morgan fingerprint density at radius 1 is 1.15 bits per heavy atom. The van der Waals surface area contributed by atoms with E-state index in [1.807, 2.05) is 0 Å². The molecule has 4 aromatic rings. The van der Waals surface area contributed by atoms with E-state index < -0.39 is 17.2 Å². The molecule has 0 aliphatic heterocycles. The topological polar surface area (TPSA) is 77.0 Å². The van der Waals surface area contributed by atoms with E-state index in [4.69, 9.17) is 4.74 Å². The molecule has 0 bridgehead atoms. The highest BCUT2D eigenvalue weighted by atomic mass is 19.1. The van der Waals surface area contributed by atoms with E-state index in [9.17, 15) is 14.0 Å². The number of fused-ring (bicyclic) bond motifs is 1. The summed E-state index contributed by atoms with van der Waals surface area (Å²) in [7, 11) is 1.53. The van der Waals surface area contributed by atoms with Crippen molar-refractivity contribution in [1.82, 2.24) is 14.8 Å². The molecule has 0 aliphatic carbocycles. The number of ketones is 1. The molecule has 0 radical (unpaired) electrons. The van der Waals surface area contributed by atoms with E-state index >= 15 is 0 Å². The molecule has 0 unspecified atom stereocenters. The minimum Gasteiger partial charge on any atom is -0.454 e. The lowest BCUT2D eigenvalue weighted by molar-refractivity contribution is 0.103. The van der Waals surface area contributed by atoms with Crippen molar-refractivity contribution in [1.29, 1.82) is 0 Å². The van der Waals surface area contributed by atoms with Crippen LogP contribution in [0.5, 0.6) is 11.5 Å². The first-order valence-electron chi connectivity index (χ1n) is 8.15. The van der Waals surface area contributed by atoms with Gasteiger partial charge in [0.1, 0.15) is 11.3 Å². The monoisotopic (exact) mass is 363 g/mol. The van der Waals surface area contributed by atoms with Crippen molar-refractivity contribution >= 4 is 16.7 Å². The number of pyridine rings is 1. The summed E-state index contributed by atoms with van der Waals surface area (Å²) in [5, 5.41) is 3.22. The Bertz CT molecular complexity index is 1230. The number of rotatable bonds is 4. The first-order valence-corrected chi connectivity index (χ1v) is 8.15. The third-order valence-electron chi connectivity index (χ3n) is 4.20. The van der Waals surface area contributed by atoms with Gasteiger partial charge in [0.15, 0.2) is 17.3 Å². The van der Waals surface area contributed by atoms with Gasteiger partial charge >= 0.3 is 0 Å². The summed E-state index contributed by atoms with van der Waals surface area (Å²) >= 11 is 0. The number of hydrogen-bond acceptors (Lipinski definition) is 4. The third-order valence-corrected chi connectivity index (χ3v) is 4.20. The number of H-pyrrole nitrogens is 1. The molecule has 1 N–H and O–H groups in total. The molecular formula is C20H14FN3O3. The van der Waals surface area contributed by atoms with E-state index in [0.717, 1.165) is 0 Å². The van der Waals surface area contributed by atoms with Crippen molar-refractivity contribution in [2.45, 2.75) is 0 Å². The van der Waals surface area contributed by atoms with Crippen LogP contribution in [0, 0.1) is 5.82 Å². The standard InChI is InChI=1S/C20H14FN3O3/c1-24-20(26)14(11-23-24)19(25)12-6-7-16-13(10-12)17(8-9-22-16)27-18-5-3-2-4-15(18)21/h2-11,23H,1H3. The van der Waals surface area contributed by atoms with E-state index in [-0.39, 0.29) is 11.3 Å². The van der Waals surface area contributed by atoms with Crippen LogP contribution in [0.25, 0.3) is 10.9 Å². The molecule has 0 aliphatic rings. The fraction of sp³-hybridized carbons (Fsp3) is 0.0500. The predicted octanol–water partition coefficient (Wildman–Crippen LogP) is 3.42. The molecule has 2 heterocycles. The van der Waals surface area contributed by atoms with Gasteiger partial charge in [0.05, 0.1) is 5.52 Å². The van der Waals surface area contributed by atoms with Gasteiger partial charge in [-0.3, -0.25) is 19.3 Å². The number of para-hydroxylation sites is 1. The third kappa shape index (κ3) is 2.99.